The minimum absolute atomic E-state index is 0. The monoisotopic (exact) mass is 224 g/mol. The van der Waals surface area contributed by atoms with E-state index in [1.165, 1.54) is 0 Å². The topological polar surface area (TPSA) is 42.9 Å². The molecule has 0 bridgehead atoms. The number of rotatable bonds is 3. The minimum Gasteiger partial charge on any atom is -0.542 e. The quantitative estimate of drug-likeness (QED) is 0.496. The summed E-state index contributed by atoms with van der Waals surface area (Å²) >= 11 is 11.5. The second-order valence-electron chi connectivity index (χ2n) is 2.53. The van der Waals surface area contributed by atoms with Crippen molar-refractivity contribution >= 4 is 29.5 Å². The van der Waals surface area contributed by atoms with E-state index in [9.17, 15) is 4.79 Å². The summed E-state index contributed by atoms with van der Waals surface area (Å²) in [6.07, 6.45) is 2.59. The zero-order valence-corrected chi connectivity index (χ0v) is 9.48. The first-order valence-corrected chi connectivity index (χ1v) is 4.44. The van der Waals surface area contributed by atoms with Gasteiger partial charge in [-0.2, -0.15) is 0 Å². The first kappa shape index (κ1) is 13.9. The second-order valence-corrected chi connectivity index (χ2v) is 3.25. The first-order chi connectivity index (χ1) is 6.16. The van der Waals surface area contributed by atoms with Crippen LogP contribution in [-0.2, 0) is 11.2 Å². The van der Waals surface area contributed by atoms with Crippen molar-refractivity contribution in [2.24, 2.45) is 0 Å². The van der Waals surface area contributed by atoms with Gasteiger partial charge in [0.15, 0.2) is 10.3 Å². The normalized spacial score (nSPS) is 9.36. The Labute approximate surface area is 104 Å². The molecule has 1 aromatic heterocycles. The van der Waals surface area contributed by atoms with E-state index in [1.807, 2.05) is 0 Å². The van der Waals surface area contributed by atoms with Gasteiger partial charge < -0.3 is 4.79 Å². The van der Waals surface area contributed by atoms with Gasteiger partial charge >= 0.3 is 18.9 Å². The van der Waals surface area contributed by atoms with Crippen LogP contribution >= 0.6 is 23.2 Å². The number of hydrogen-bond donors (Lipinski definition) is 0. The third-order valence-electron chi connectivity index (χ3n) is 1.71. The van der Waals surface area contributed by atoms with Gasteiger partial charge in [-0.3, -0.25) is 6.29 Å². The van der Waals surface area contributed by atoms with E-state index in [1.54, 1.807) is 13.2 Å². The van der Waals surface area contributed by atoms with Crippen LogP contribution in [0.5, 0.6) is 0 Å². The molecule has 0 atom stereocenters. The Morgan fingerprint density at radius 2 is 1.86 bits per heavy atom. The molecule has 1 rings (SSSR count). The van der Waals surface area contributed by atoms with Crippen molar-refractivity contribution in [3.8, 4) is 0 Å². The molecule has 0 spiro atoms. The van der Waals surface area contributed by atoms with Crippen LogP contribution < -0.4 is 18.9 Å². The van der Waals surface area contributed by atoms with Crippen LogP contribution in [0.3, 0.4) is 0 Å². The van der Waals surface area contributed by atoms with Crippen LogP contribution in [0.2, 0.25) is 10.3 Å². The fourth-order valence-electron chi connectivity index (χ4n) is 0.969. The predicted octanol–water partition coefficient (Wildman–Crippen LogP) is -0.862. The van der Waals surface area contributed by atoms with Crippen LogP contribution in [0, 0.1) is 6.92 Å². The zero-order chi connectivity index (χ0) is 9.84. The first-order valence-electron chi connectivity index (χ1n) is 3.69. The fourth-order valence-corrected chi connectivity index (χ4v) is 1.39. The maximum Gasteiger partial charge on any atom is 1.00 e. The molecule has 6 heteroatoms. The number of hydrogen-bond acceptors (Lipinski definition) is 3. The van der Waals surface area contributed by atoms with E-state index >= 15 is 0 Å². The van der Waals surface area contributed by atoms with Gasteiger partial charge in [-0.25, -0.2) is 0 Å². The van der Waals surface area contributed by atoms with Gasteiger partial charge in [-0.05, 0) is 24.5 Å². The molecule has 0 amide bonds. The Morgan fingerprint density at radius 1 is 1.29 bits per heavy atom. The van der Waals surface area contributed by atoms with Crippen molar-refractivity contribution in [2.45, 2.75) is 19.8 Å². The van der Waals surface area contributed by atoms with Crippen LogP contribution in [0.4, 0.5) is 0 Å². The number of nitrogens with zero attached hydrogens (tertiary/aromatic N) is 2. The standard InChI is InChI=1S/C8H7Cl2N2O.Li/c1-5-6(3-2-4-13)8(10)12-11-7(5)9;/h2-3H2,1H3;/q-1;+1. The summed E-state index contributed by atoms with van der Waals surface area (Å²) in [5, 5.41) is 7.91. The Hall–Kier alpha value is -0.0726. The molecule has 0 radical (unpaired) electrons. The molecular weight excluding hydrogens is 218 g/mol. The van der Waals surface area contributed by atoms with E-state index in [0.29, 0.717) is 23.1 Å². The Kier molecular flexibility index (Phi) is 6.39. The van der Waals surface area contributed by atoms with Crippen molar-refractivity contribution in [3.63, 3.8) is 0 Å². The van der Waals surface area contributed by atoms with Crippen molar-refractivity contribution in [1.29, 1.82) is 0 Å². The molecule has 1 heterocycles. The predicted molar refractivity (Wildman–Crippen MR) is 50.8 cm³/mol. The van der Waals surface area contributed by atoms with Crippen molar-refractivity contribution in [3.05, 3.63) is 21.4 Å². The average Bonchev–Trinajstić information content (AvgIpc) is 2.12. The summed E-state index contributed by atoms with van der Waals surface area (Å²) < 4.78 is 0. The molecule has 0 fully saturated rings. The van der Waals surface area contributed by atoms with E-state index in [2.05, 4.69) is 10.2 Å². The van der Waals surface area contributed by atoms with Crippen LogP contribution in [-0.4, -0.2) is 16.5 Å². The molecular formula is C8H7Cl2LiN2O. The smallest absolute Gasteiger partial charge is 0.542 e. The van der Waals surface area contributed by atoms with Gasteiger partial charge in [0, 0.05) is 0 Å². The number of halogens is 2. The summed E-state index contributed by atoms with van der Waals surface area (Å²) in [5.74, 6) is 0. The van der Waals surface area contributed by atoms with Crippen molar-refractivity contribution in [1.82, 2.24) is 10.2 Å². The second kappa shape index (κ2) is 6.42. The molecule has 0 aliphatic heterocycles. The minimum atomic E-state index is 0. The molecule has 0 N–H and O–H groups in total. The SMILES string of the molecule is Cc1c(Cl)nnc(Cl)c1CC[C-]=O.[Li+]. The van der Waals surface area contributed by atoms with Crippen LogP contribution in [0.1, 0.15) is 17.5 Å². The molecule has 0 aliphatic rings. The average molecular weight is 225 g/mol. The molecule has 14 heavy (non-hydrogen) atoms. The Bertz CT molecular complexity index is 333. The van der Waals surface area contributed by atoms with E-state index in [-0.39, 0.29) is 18.9 Å². The molecule has 0 aliphatic carbocycles. The molecule has 0 aromatic carbocycles. The largest absolute Gasteiger partial charge is 1.00 e. The Balaban J connectivity index is 0.00000169. The number of aromatic nitrogens is 2. The van der Waals surface area contributed by atoms with Gasteiger partial charge in [-0.1, -0.05) is 23.2 Å². The van der Waals surface area contributed by atoms with E-state index < -0.39 is 0 Å². The summed E-state index contributed by atoms with van der Waals surface area (Å²) in [5.41, 5.74) is 1.54. The van der Waals surface area contributed by atoms with E-state index in [4.69, 9.17) is 23.2 Å². The third-order valence-corrected chi connectivity index (χ3v) is 2.38. The summed E-state index contributed by atoms with van der Waals surface area (Å²) in [6, 6.07) is 0. The Morgan fingerprint density at radius 3 is 2.43 bits per heavy atom. The fraction of sp³-hybridized carbons (Fsp3) is 0.375. The molecule has 0 saturated carbocycles. The molecule has 1 aromatic rings. The number of carbonyl (C=O) groups excluding carboxylic acids is 1. The van der Waals surface area contributed by atoms with Gasteiger partial charge in [0.05, 0.1) is 0 Å². The molecule has 3 nitrogen and oxygen atoms in total. The summed E-state index contributed by atoms with van der Waals surface area (Å²) in [4.78, 5) is 10.0. The van der Waals surface area contributed by atoms with Gasteiger partial charge in [0.1, 0.15) is 0 Å². The van der Waals surface area contributed by atoms with E-state index in [0.717, 1.165) is 11.1 Å². The van der Waals surface area contributed by atoms with Gasteiger partial charge in [0.2, 0.25) is 0 Å². The molecule has 70 valence electrons. The molecule has 0 unspecified atom stereocenters. The zero-order valence-electron chi connectivity index (χ0n) is 7.97. The maximum atomic E-state index is 10.0. The van der Waals surface area contributed by atoms with Gasteiger partial charge in [-0.15, -0.1) is 16.6 Å². The van der Waals surface area contributed by atoms with Gasteiger partial charge in [0.25, 0.3) is 0 Å². The van der Waals surface area contributed by atoms with Crippen LogP contribution in [0.25, 0.3) is 0 Å². The van der Waals surface area contributed by atoms with Crippen molar-refractivity contribution < 1.29 is 23.7 Å². The van der Waals surface area contributed by atoms with Crippen LogP contribution in [0.15, 0.2) is 0 Å². The summed E-state index contributed by atoms with van der Waals surface area (Å²) in [6.45, 7) is 1.79. The summed E-state index contributed by atoms with van der Waals surface area (Å²) in [7, 11) is 0. The third kappa shape index (κ3) is 3.25. The molecule has 0 saturated heterocycles. The van der Waals surface area contributed by atoms with Crippen molar-refractivity contribution in [2.75, 3.05) is 0 Å². The maximum absolute atomic E-state index is 10.0.